The number of halogens is 1. The number of terminal acetylenes is 1. The van der Waals surface area contributed by atoms with E-state index in [2.05, 4.69) is 49.3 Å². The second-order valence-corrected chi connectivity index (χ2v) is 10.4. The Kier molecular flexibility index (Phi) is 19.7. The molecule has 0 aromatic carbocycles. The molecule has 0 radical (unpaired) electrons. The van der Waals surface area contributed by atoms with E-state index in [1.807, 2.05) is 0 Å². The quantitative estimate of drug-likeness (QED) is 0.0401. The number of hydrogen-bond acceptors (Lipinski definition) is 0. The maximum absolute atomic E-state index is 5.78. The van der Waals surface area contributed by atoms with Gasteiger partial charge in [0.15, 0.2) is 0 Å². The third-order valence-electron chi connectivity index (χ3n) is 6.07. The molecule has 0 heterocycles. The fourth-order valence-electron chi connectivity index (χ4n) is 4.05. The minimum absolute atomic E-state index is 0.618. The standard InChI is InChI=1S/C25H49IN/c1-5-8-10-12-14-16-18-20-23-27(22-7-3,25(4)26)24-21-19-17-15-13-11-9-6-2/h3,25H,5-6,8-24H2,1-2,4H3/q+1. The second-order valence-electron chi connectivity index (χ2n) is 8.55. The van der Waals surface area contributed by atoms with Crippen molar-refractivity contribution >= 4 is 22.6 Å². The van der Waals surface area contributed by atoms with Crippen LogP contribution in [0, 0.1) is 12.3 Å². The molecule has 0 spiro atoms. The van der Waals surface area contributed by atoms with E-state index in [-0.39, 0.29) is 0 Å². The monoisotopic (exact) mass is 490 g/mol. The van der Waals surface area contributed by atoms with Crippen LogP contribution in [0.4, 0.5) is 0 Å². The topological polar surface area (TPSA) is 0 Å². The molecule has 0 aliphatic rings. The summed E-state index contributed by atoms with van der Waals surface area (Å²) >= 11 is 2.62. The van der Waals surface area contributed by atoms with Crippen LogP contribution in [0.2, 0.25) is 0 Å². The lowest BCUT2D eigenvalue weighted by Gasteiger charge is -2.40. The van der Waals surface area contributed by atoms with Crippen LogP contribution in [-0.4, -0.2) is 28.2 Å². The second kappa shape index (κ2) is 19.6. The number of alkyl halides is 1. The maximum Gasteiger partial charge on any atom is 0.141 e. The Hall–Kier alpha value is 0.250. The number of rotatable bonds is 20. The van der Waals surface area contributed by atoms with Crippen LogP contribution >= 0.6 is 22.6 Å². The van der Waals surface area contributed by atoms with E-state index >= 15 is 0 Å². The van der Waals surface area contributed by atoms with Gasteiger partial charge in [-0.1, -0.05) is 90.9 Å². The molecule has 0 amide bonds. The Labute approximate surface area is 186 Å². The van der Waals surface area contributed by atoms with Gasteiger partial charge in [0, 0.05) is 0 Å². The van der Waals surface area contributed by atoms with Crippen LogP contribution in [0.15, 0.2) is 0 Å². The van der Waals surface area contributed by atoms with Crippen LogP contribution in [0.25, 0.3) is 0 Å². The van der Waals surface area contributed by atoms with Crippen molar-refractivity contribution in [3.63, 3.8) is 0 Å². The predicted molar refractivity (Wildman–Crippen MR) is 132 cm³/mol. The highest BCUT2D eigenvalue weighted by atomic mass is 127. The Bertz CT molecular complexity index is 325. The zero-order chi connectivity index (χ0) is 20.2. The van der Waals surface area contributed by atoms with Gasteiger partial charge in [0.2, 0.25) is 0 Å². The smallest absolute Gasteiger partial charge is 0.141 e. The number of nitrogens with zero attached hydrogens (tertiary/aromatic N) is 1. The molecule has 0 aromatic heterocycles. The maximum atomic E-state index is 5.78. The highest BCUT2D eigenvalue weighted by Gasteiger charge is 2.30. The van der Waals surface area contributed by atoms with Crippen LogP contribution in [-0.2, 0) is 0 Å². The lowest BCUT2D eigenvalue weighted by molar-refractivity contribution is -0.926. The van der Waals surface area contributed by atoms with Crippen molar-refractivity contribution in [2.24, 2.45) is 0 Å². The third-order valence-corrected chi connectivity index (χ3v) is 7.26. The van der Waals surface area contributed by atoms with Gasteiger partial charge in [-0.05, 0) is 61.1 Å². The van der Waals surface area contributed by atoms with E-state index in [9.17, 15) is 0 Å². The van der Waals surface area contributed by atoms with E-state index in [0.29, 0.717) is 4.05 Å². The van der Waals surface area contributed by atoms with Crippen LogP contribution < -0.4 is 0 Å². The number of quaternary nitrogens is 1. The van der Waals surface area contributed by atoms with Crippen LogP contribution in [0.5, 0.6) is 0 Å². The molecule has 0 aliphatic heterocycles. The van der Waals surface area contributed by atoms with E-state index < -0.39 is 0 Å². The zero-order valence-corrected chi connectivity index (χ0v) is 21.1. The Balaban J connectivity index is 4.08. The number of unbranched alkanes of at least 4 members (excludes halogenated alkanes) is 14. The molecule has 0 saturated heterocycles. The van der Waals surface area contributed by atoms with Gasteiger partial charge in [0.25, 0.3) is 0 Å². The van der Waals surface area contributed by atoms with Gasteiger partial charge in [-0.3, -0.25) is 0 Å². The molecule has 0 aliphatic carbocycles. The summed E-state index contributed by atoms with van der Waals surface area (Å²) in [5.74, 6) is 3.01. The first-order chi connectivity index (χ1) is 13.1. The van der Waals surface area contributed by atoms with Gasteiger partial charge >= 0.3 is 0 Å². The average molecular weight is 491 g/mol. The predicted octanol–water partition coefficient (Wildman–Crippen LogP) is 8.50. The number of hydrogen-bond donors (Lipinski definition) is 0. The molecular formula is C25H49IN+. The van der Waals surface area contributed by atoms with Gasteiger partial charge in [0.05, 0.1) is 13.1 Å². The first kappa shape index (κ1) is 27.2. The van der Waals surface area contributed by atoms with Gasteiger partial charge in [-0.25, -0.2) is 0 Å². The fraction of sp³-hybridized carbons (Fsp3) is 0.920. The van der Waals surface area contributed by atoms with E-state index in [4.69, 9.17) is 6.42 Å². The molecule has 0 N–H and O–H groups in total. The summed E-state index contributed by atoms with van der Waals surface area (Å²) in [6, 6.07) is 0. The summed E-state index contributed by atoms with van der Waals surface area (Å²) in [5, 5.41) is 0. The Morgan fingerprint density at radius 3 is 1.30 bits per heavy atom. The van der Waals surface area contributed by atoms with Crippen molar-refractivity contribution in [3.8, 4) is 12.3 Å². The van der Waals surface area contributed by atoms with Crippen molar-refractivity contribution in [3.05, 3.63) is 0 Å². The van der Waals surface area contributed by atoms with Crippen molar-refractivity contribution in [2.75, 3.05) is 19.6 Å². The minimum atomic E-state index is 0.618. The summed E-state index contributed by atoms with van der Waals surface area (Å²) in [5.41, 5.74) is 0. The molecule has 0 rings (SSSR count). The van der Waals surface area contributed by atoms with Gasteiger partial charge in [0.1, 0.15) is 10.6 Å². The molecule has 0 fully saturated rings. The Morgan fingerprint density at radius 1 is 0.667 bits per heavy atom. The molecular weight excluding hydrogens is 441 g/mol. The van der Waals surface area contributed by atoms with Gasteiger partial charge in [-0.15, -0.1) is 6.42 Å². The van der Waals surface area contributed by atoms with Crippen molar-refractivity contribution < 1.29 is 4.48 Å². The van der Waals surface area contributed by atoms with Gasteiger partial charge < -0.3 is 4.48 Å². The largest absolute Gasteiger partial charge is 0.303 e. The molecule has 1 nitrogen and oxygen atoms in total. The van der Waals surface area contributed by atoms with Crippen molar-refractivity contribution in [1.82, 2.24) is 0 Å². The van der Waals surface area contributed by atoms with Crippen molar-refractivity contribution in [2.45, 2.75) is 128 Å². The molecule has 0 aromatic rings. The van der Waals surface area contributed by atoms with Crippen LogP contribution in [0.1, 0.15) is 124 Å². The zero-order valence-electron chi connectivity index (χ0n) is 18.9. The lowest BCUT2D eigenvalue weighted by atomic mass is 10.1. The molecule has 1 atom stereocenters. The van der Waals surface area contributed by atoms with E-state index in [1.165, 1.54) is 116 Å². The summed E-state index contributed by atoms with van der Waals surface area (Å²) in [6.07, 6.45) is 28.1. The minimum Gasteiger partial charge on any atom is -0.303 e. The molecule has 0 bridgehead atoms. The van der Waals surface area contributed by atoms with Crippen LogP contribution in [0.3, 0.4) is 0 Å². The molecule has 2 heteroatoms. The summed E-state index contributed by atoms with van der Waals surface area (Å²) in [6.45, 7) is 10.4. The normalized spacial score (nSPS) is 12.9. The Morgan fingerprint density at radius 2 is 1.00 bits per heavy atom. The highest BCUT2D eigenvalue weighted by molar-refractivity contribution is 14.1. The summed E-state index contributed by atoms with van der Waals surface area (Å²) in [7, 11) is 0. The first-order valence-electron chi connectivity index (χ1n) is 12.1. The summed E-state index contributed by atoms with van der Waals surface area (Å²) in [4.78, 5) is 0. The van der Waals surface area contributed by atoms with Gasteiger partial charge in [-0.2, -0.15) is 0 Å². The fourth-order valence-corrected chi connectivity index (χ4v) is 4.81. The molecule has 0 saturated carbocycles. The third kappa shape index (κ3) is 14.8. The molecule has 27 heavy (non-hydrogen) atoms. The van der Waals surface area contributed by atoms with E-state index in [0.717, 1.165) is 11.0 Å². The lowest BCUT2D eigenvalue weighted by Crippen LogP contribution is -2.53. The van der Waals surface area contributed by atoms with Crippen molar-refractivity contribution in [1.29, 1.82) is 0 Å². The molecule has 160 valence electrons. The molecule has 1 unspecified atom stereocenters. The van der Waals surface area contributed by atoms with E-state index in [1.54, 1.807) is 0 Å². The highest BCUT2D eigenvalue weighted by Crippen LogP contribution is 2.23. The SMILES string of the molecule is C#CC[N+](CCCCCCCCCC)(CCCCCCCCCC)C(C)I. The summed E-state index contributed by atoms with van der Waals surface area (Å²) < 4.78 is 1.76. The first-order valence-corrected chi connectivity index (χ1v) is 13.3. The average Bonchev–Trinajstić information content (AvgIpc) is 2.65.